The second kappa shape index (κ2) is 8.93. The Balaban J connectivity index is 1.71. The lowest BCUT2D eigenvalue weighted by Crippen LogP contribution is -2.30. The molecule has 2 saturated heterocycles. The molecular formula is C23H29N5O3. The van der Waals surface area contributed by atoms with Gasteiger partial charge in [-0.05, 0) is 68.7 Å². The molecule has 164 valence electrons. The molecule has 4 rings (SSSR count). The first-order valence-corrected chi connectivity index (χ1v) is 10.7. The van der Waals surface area contributed by atoms with E-state index in [0.717, 1.165) is 66.9 Å². The molecule has 2 amide bonds. The fourth-order valence-corrected chi connectivity index (χ4v) is 4.47. The Bertz CT molecular complexity index is 1000. The molecule has 0 saturated carbocycles. The standard InChI is InChI=1S/C23H29N5O3/c1-3-21(29)25-17-4-5-19-16(12-17)13-20(15-6-9-27(2)10-7-15)26-22(19)28-11-8-18(14-28)31-23(24)30/h3-5,12-13,15,18H,1,6-11,14H2,2H3,(H2,24,30)(H,25,29). The number of hydrogen-bond acceptors (Lipinski definition) is 6. The third kappa shape index (κ3) is 4.80. The van der Waals surface area contributed by atoms with Crippen molar-refractivity contribution in [1.29, 1.82) is 0 Å². The Hall–Kier alpha value is -3.13. The first-order valence-electron chi connectivity index (χ1n) is 10.7. The number of carbonyl (C=O) groups is 2. The van der Waals surface area contributed by atoms with Crippen LogP contribution in [0.3, 0.4) is 0 Å². The number of rotatable bonds is 5. The number of nitrogens with zero attached hydrogens (tertiary/aromatic N) is 3. The average Bonchev–Trinajstić information content (AvgIpc) is 3.20. The molecule has 0 bridgehead atoms. The summed E-state index contributed by atoms with van der Waals surface area (Å²) >= 11 is 0. The van der Waals surface area contributed by atoms with Gasteiger partial charge in [0, 0.05) is 35.7 Å². The monoisotopic (exact) mass is 423 g/mol. The number of nitrogens with two attached hydrogens (primary N) is 1. The molecule has 8 nitrogen and oxygen atoms in total. The number of ether oxygens (including phenoxy) is 1. The second-order valence-corrected chi connectivity index (χ2v) is 8.37. The first-order chi connectivity index (χ1) is 14.9. The van der Waals surface area contributed by atoms with Gasteiger partial charge in [-0.2, -0.15) is 0 Å². The van der Waals surface area contributed by atoms with Gasteiger partial charge in [-0.25, -0.2) is 9.78 Å². The van der Waals surface area contributed by atoms with Gasteiger partial charge in [-0.1, -0.05) is 6.58 Å². The Labute approximate surface area is 182 Å². The van der Waals surface area contributed by atoms with Crippen molar-refractivity contribution in [2.24, 2.45) is 5.73 Å². The van der Waals surface area contributed by atoms with Crippen molar-refractivity contribution in [3.8, 4) is 0 Å². The number of primary amides is 1. The molecule has 2 aromatic rings. The van der Waals surface area contributed by atoms with Gasteiger partial charge >= 0.3 is 6.09 Å². The van der Waals surface area contributed by atoms with E-state index in [9.17, 15) is 9.59 Å². The predicted molar refractivity (Wildman–Crippen MR) is 121 cm³/mol. The molecule has 1 aromatic heterocycles. The first kappa shape index (κ1) is 21.1. The minimum absolute atomic E-state index is 0.229. The summed E-state index contributed by atoms with van der Waals surface area (Å²) in [5.74, 6) is 1.05. The van der Waals surface area contributed by atoms with Crippen LogP contribution in [-0.4, -0.2) is 61.2 Å². The van der Waals surface area contributed by atoms with Gasteiger partial charge in [-0.3, -0.25) is 4.79 Å². The van der Waals surface area contributed by atoms with Crippen molar-refractivity contribution >= 4 is 34.3 Å². The van der Waals surface area contributed by atoms with E-state index in [1.165, 1.54) is 6.08 Å². The Morgan fingerprint density at radius 3 is 2.71 bits per heavy atom. The van der Waals surface area contributed by atoms with Crippen LogP contribution in [-0.2, 0) is 9.53 Å². The zero-order valence-electron chi connectivity index (χ0n) is 17.8. The van der Waals surface area contributed by atoms with Crippen molar-refractivity contribution in [3.63, 3.8) is 0 Å². The molecular weight excluding hydrogens is 394 g/mol. The average molecular weight is 424 g/mol. The quantitative estimate of drug-likeness (QED) is 0.717. The molecule has 2 fully saturated rings. The topological polar surface area (TPSA) is 101 Å². The van der Waals surface area contributed by atoms with Crippen LogP contribution in [0.15, 0.2) is 36.9 Å². The summed E-state index contributed by atoms with van der Waals surface area (Å²) in [6.07, 6.45) is 3.14. The zero-order valence-corrected chi connectivity index (χ0v) is 17.8. The van der Waals surface area contributed by atoms with Crippen molar-refractivity contribution in [3.05, 3.63) is 42.6 Å². The molecule has 31 heavy (non-hydrogen) atoms. The maximum atomic E-state index is 11.8. The van der Waals surface area contributed by atoms with Gasteiger partial charge < -0.3 is 25.6 Å². The SMILES string of the molecule is C=CC(=O)Nc1ccc2c(N3CCC(OC(N)=O)C3)nc(C3CCN(C)CC3)cc2c1. The molecule has 1 atom stereocenters. The number of anilines is 2. The van der Waals surface area contributed by atoms with E-state index in [1.807, 2.05) is 18.2 Å². The highest BCUT2D eigenvalue weighted by molar-refractivity contribution is 6.02. The van der Waals surface area contributed by atoms with Gasteiger partial charge in [0.25, 0.3) is 0 Å². The fourth-order valence-electron chi connectivity index (χ4n) is 4.47. The van der Waals surface area contributed by atoms with Gasteiger partial charge in [0.05, 0.1) is 6.54 Å². The van der Waals surface area contributed by atoms with Crippen molar-refractivity contribution < 1.29 is 14.3 Å². The Morgan fingerprint density at radius 2 is 2.00 bits per heavy atom. The molecule has 1 unspecified atom stereocenters. The Kier molecular flexibility index (Phi) is 6.08. The van der Waals surface area contributed by atoms with Crippen LogP contribution in [0.25, 0.3) is 10.8 Å². The number of aromatic nitrogens is 1. The molecule has 8 heteroatoms. The van der Waals surface area contributed by atoms with Crippen molar-refractivity contribution in [2.45, 2.75) is 31.3 Å². The summed E-state index contributed by atoms with van der Waals surface area (Å²) in [6, 6.07) is 7.98. The molecule has 0 radical (unpaired) electrons. The number of piperidine rings is 1. The Morgan fingerprint density at radius 1 is 1.23 bits per heavy atom. The second-order valence-electron chi connectivity index (χ2n) is 8.37. The number of nitrogens with one attached hydrogen (secondary N) is 1. The van der Waals surface area contributed by atoms with Crippen LogP contribution in [0.4, 0.5) is 16.3 Å². The van der Waals surface area contributed by atoms with E-state index < -0.39 is 6.09 Å². The smallest absolute Gasteiger partial charge is 0.404 e. The van der Waals surface area contributed by atoms with E-state index in [1.54, 1.807) is 0 Å². The molecule has 2 aliphatic heterocycles. The van der Waals surface area contributed by atoms with E-state index in [2.05, 4.69) is 34.8 Å². The largest absolute Gasteiger partial charge is 0.444 e. The maximum Gasteiger partial charge on any atom is 0.404 e. The third-order valence-electron chi connectivity index (χ3n) is 6.15. The maximum absolute atomic E-state index is 11.8. The summed E-state index contributed by atoms with van der Waals surface area (Å²) in [5.41, 5.74) is 7.00. The molecule has 3 N–H and O–H groups in total. The van der Waals surface area contributed by atoms with Crippen LogP contribution in [0, 0.1) is 0 Å². The highest BCUT2D eigenvalue weighted by atomic mass is 16.6. The van der Waals surface area contributed by atoms with Crippen LogP contribution in [0.1, 0.15) is 30.9 Å². The molecule has 0 aliphatic carbocycles. The van der Waals surface area contributed by atoms with Crippen LogP contribution in [0.5, 0.6) is 0 Å². The third-order valence-corrected chi connectivity index (χ3v) is 6.15. The number of hydrogen-bond donors (Lipinski definition) is 2. The number of pyridine rings is 1. The van der Waals surface area contributed by atoms with Gasteiger partial charge in [0.1, 0.15) is 11.9 Å². The van der Waals surface area contributed by atoms with Gasteiger partial charge in [0.15, 0.2) is 0 Å². The van der Waals surface area contributed by atoms with E-state index >= 15 is 0 Å². The normalized spacial score (nSPS) is 20.0. The van der Waals surface area contributed by atoms with E-state index in [0.29, 0.717) is 12.5 Å². The summed E-state index contributed by atoms with van der Waals surface area (Å²) in [4.78, 5) is 32.5. The molecule has 2 aliphatic rings. The zero-order chi connectivity index (χ0) is 22.0. The fraction of sp³-hybridized carbons (Fsp3) is 0.435. The summed E-state index contributed by atoms with van der Waals surface area (Å²) < 4.78 is 5.22. The number of likely N-dealkylation sites (tertiary alicyclic amines) is 1. The number of carbonyl (C=O) groups excluding carboxylic acids is 2. The number of amides is 2. The summed E-state index contributed by atoms with van der Waals surface area (Å²) in [5, 5.41) is 4.87. The van der Waals surface area contributed by atoms with Gasteiger partial charge in [0.2, 0.25) is 5.91 Å². The van der Waals surface area contributed by atoms with Crippen LogP contribution < -0.4 is 16.0 Å². The molecule has 1 aromatic carbocycles. The minimum Gasteiger partial charge on any atom is -0.444 e. The lowest BCUT2D eigenvalue weighted by molar-refractivity contribution is -0.111. The van der Waals surface area contributed by atoms with Crippen molar-refractivity contribution in [1.82, 2.24) is 9.88 Å². The van der Waals surface area contributed by atoms with E-state index in [4.69, 9.17) is 15.5 Å². The van der Waals surface area contributed by atoms with Gasteiger partial charge in [-0.15, -0.1) is 0 Å². The minimum atomic E-state index is -0.743. The molecule has 0 spiro atoms. The van der Waals surface area contributed by atoms with Crippen LogP contribution in [0.2, 0.25) is 0 Å². The van der Waals surface area contributed by atoms with Crippen LogP contribution >= 0.6 is 0 Å². The lowest BCUT2D eigenvalue weighted by atomic mass is 9.92. The number of benzene rings is 1. The predicted octanol–water partition coefficient (Wildman–Crippen LogP) is 2.84. The summed E-state index contributed by atoms with van der Waals surface area (Å²) in [6.45, 7) is 6.92. The molecule has 3 heterocycles. The summed E-state index contributed by atoms with van der Waals surface area (Å²) in [7, 11) is 2.15. The van der Waals surface area contributed by atoms with Crippen molar-refractivity contribution in [2.75, 3.05) is 43.4 Å². The highest BCUT2D eigenvalue weighted by Crippen LogP contribution is 2.35. The highest BCUT2D eigenvalue weighted by Gasteiger charge is 2.28. The lowest BCUT2D eigenvalue weighted by Gasteiger charge is -2.29. The number of fused-ring (bicyclic) bond motifs is 1. The van der Waals surface area contributed by atoms with E-state index in [-0.39, 0.29) is 12.0 Å².